The van der Waals surface area contributed by atoms with Crippen LogP contribution in [0.2, 0.25) is 0 Å². The summed E-state index contributed by atoms with van der Waals surface area (Å²) in [5.74, 6) is 0.0870. The van der Waals surface area contributed by atoms with Crippen LogP contribution < -0.4 is 10.6 Å². The SMILES string of the molecule is CC1(CSc2ccccc2C(=O)N2CCN(CC(=O)N3CCCC3)CC2)NC(=O)NC1=O. The minimum absolute atomic E-state index is 0.0521. The van der Waals surface area contributed by atoms with Crippen molar-refractivity contribution in [3.8, 4) is 0 Å². The molecule has 0 spiro atoms. The lowest BCUT2D eigenvalue weighted by Crippen LogP contribution is -2.51. The van der Waals surface area contributed by atoms with Crippen LogP contribution in [0.5, 0.6) is 0 Å². The number of nitrogens with zero attached hydrogens (tertiary/aromatic N) is 3. The summed E-state index contributed by atoms with van der Waals surface area (Å²) in [5, 5.41) is 4.91. The second-order valence-electron chi connectivity index (χ2n) is 8.68. The van der Waals surface area contributed by atoms with Crippen molar-refractivity contribution in [1.82, 2.24) is 25.3 Å². The Bertz CT molecular complexity index is 911. The molecule has 1 atom stereocenters. The minimum atomic E-state index is -1.01. The second-order valence-corrected chi connectivity index (χ2v) is 9.70. The van der Waals surface area contributed by atoms with Gasteiger partial charge >= 0.3 is 6.03 Å². The summed E-state index contributed by atoms with van der Waals surface area (Å²) in [6.45, 7) is 6.29. The van der Waals surface area contributed by atoms with Crippen molar-refractivity contribution < 1.29 is 19.2 Å². The first-order valence-corrected chi connectivity index (χ1v) is 12.0. The number of amides is 5. The molecule has 3 saturated heterocycles. The number of carbonyl (C=O) groups excluding carboxylic acids is 4. The van der Waals surface area contributed by atoms with E-state index in [1.165, 1.54) is 11.8 Å². The van der Waals surface area contributed by atoms with Crippen molar-refractivity contribution >= 4 is 35.5 Å². The highest BCUT2D eigenvalue weighted by Gasteiger charge is 2.42. The lowest BCUT2D eigenvalue weighted by molar-refractivity contribution is -0.131. The Morgan fingerprint density at radius 1 is 1.00 bits per heavy atom. The summed E-state index contributed by atoms with van der Waals surface area (Å²) < 4.78 is 0. The topological polar surface area (TPSA) is 102 Å². The molecule has 1 aromatic carbocycles. The Morgan fingerprint density at radius 2 is 1.69 bits per heavy atom. The number of carbonyl (C=O) groups is 4. The summed E-state index contributed by atoms with van der Waals surface area (Å²) in [5.41, 5.74) is -0.418. The van der Waals surface area contributed by atoms with E-state index in [1.807, 2.05) is 28.0 Å². The van der Waals surface area contributed by atoms with Crippen LogP contribution in [0, 0.1) is 0 Å². The molecular formula is C22H29N5O4S. The van der Waals surface area contributed by atoms with Crippen LogP contribution in [0.4, 0.5) is 4.79 Å². The maximum Gasteiger partial charge on any atom is 0.322 e. The average molecular weight is 460 g/mol. The molecule has 0 radical (unpaired) electrons. The van der Waals surface area contributed by atoms with Gasteiger partial charge in [0.25, 0.3) is 11.8 Å². The Balaban J connectivity index is 1.33. The molecule has 3 fully saturated rings. The first kappa shape index (κ1) is 22.6. The Morgan fingerprint density at radius 3 is 2.34 bits per heavy atom. The van der Waals surface area contributed by atoms with Gasteiger partial charge in [0.15, 0.2) is 0 Å². The van der Waals surface area contributed by atoms with E-state index >= 15 is 0 Å². The number of urea groups is 1. The van der Waals surface area contributed by atoms with Gasteiger partial charge < -0.3 is 15.1 Å². The molecule has 3 aliphatic rings. The van der Waals surface area contributed by atoms with E-state index in [2.05, 4.69) is 15.5 Å². The van der Waals surface area contributed by atoms with Gasteiger partial charge in [0.2, 0.25) is 5.91 Å². The largest absolute Gasteiger partial charge is 0.342 e. The van der Waals surface area contributed by atoms with Crippen LogP contribution in [0.25, 0.3) is 0 Å². The molecule has 2 N–H and O–H groups in total. The fourth-order valence-electron chi connectivity index (χ4n) is 4.21. The molecule has 0 aromatic heterocycles. The zero-order chi connectivity index (χ0) is 22.7. The van der Waals surface area contributed by atoms with Crippen molar-refractivity contribution in [2.24, 2.45) is 0 Å². The van der Waals surface area contributed by atoms with Gasteiger partial charge in [-0.3, -0.25) is 24.6 Å². The number of piperazine rings is 1. The van der Waals surface area contributed by atoms with Crippen molar-refractivity contribution in [2.75, 3.05) is 51.6 Å². The molecule has 0 saturated carbocycles. The van der Waals surface area contributed by atoms with Crippen LogP contribution in [-0.2, 0) is 9.59 Å². The highest BCUT2D eigenvalue weighted by Crippen LogP contribution is 2.28. The van der Waals surface area contributed by atoms with Gasteiger partial charge in [-0.25, -0.2) is 4.79 Å². The summed E-state index contributed by atoms with van der Waals surface area (Å²) in [6.07, 6.45) is 2.17. The Kier molecular flexibility index (Phi) is 6.71. The molecule has 172 valence electrons. The van der Waals surface area contributed by atoms with Crippen LogP contribution in [0.3, 0.4) is 0 Å². The molecule has 1 aromatic rings. The number of likely N-dealkylation sites (tertiary alicyclic amines) is 1. The molecule has 0 bridgehead atoms. The Hall–Kier alpha value is -2.59. The average Bonchev–Trinajstić information content (AvgIpc) is 3.41. The zero-order valence-corrected chi connectivity index (χ0v) is 19.1. The van der Waals surface area contributed by atoms with Gasteiger partial charge in [0, 0.05) is 49.9 Å². The number of benzene rings is 1. The normalized spacial score (nSPS) is 23.9. The van der Waals surface area contributed by atoms with E-state index in [0.29, 0.717) is 44.0 Å². The maximum atomic E-state index is 13.2. The van der Waals surface area contributed by atoms with E-state index in [1.54, 1.807) is 13.0 Å². The fourth-order valence-corrected chi connectivity index (χ4v) is 5.34. The fraction of sp³-hybridized carbons (Fsp3) is 0.545. The van der Waals surface area contributed by atoms with Gasteiger partial charge in [-0.2, -0.15) is 0 Å². The van der Waals surface area contributed by atoms with Crippen LogP contribution in [0.15, 0.2) is 29.2 Å². The number of thioether (sulfide) groups is 1. The summed E-state index contributed by atoms with van der Waals surface area (Å²) >= 11 is 1.38. The van der Waals surface area contributed by atoms with Crippen molar-refractivity contribution in [2.45, 2.75) is 30.2 Å². The van der Waals surface area contributed by atoms with E-state index in [0.717, 1.165) is 30.8 Å². The molecular weight excluding hydrogens is 430 g/mol. The third-order valence-corrected chi connectivity index (χ3v) is 7.62. The quantitative estimate of drug-likeness (QED) is 0.481. The first-order valence-electron chi connectivity index (χ1n) is 11.0. The smallest absolute Gasteiger partial charge is 0.322 e. The molecule has 32 heavy (non-hydrogen) atoms. The second kappa shape index (κ2) is 9.50. The third kappa shape index (κ3) is 4.91. The monoisotopic (exact) mass is 459 g/mol. The van der Waals surface area contributed by atoms with Gasteiger partial charge in [-0.05, 0) is 31.9 Å². The van der Waals surface area contributed by atoms with Crippen LogP contribution in [0.1, 0.15) is 30.1 Å². The number of hydrogen-bond acceptors (Lipinski definition) is 6. The van der Waals surface area contributed by atoms with Gasteiger partial charge in [-0.1, -0.05) is 12.1 Å². The molecule has 5 amide bonds. The number of rotatable bonds is 6. The molecule has 0 aliphatic carbocycles. The molecule has 1 unspecified atom stereocenters. The lowest BCUT2D eigenvalue weighted by Gasteiger charge is -2.35. The minimum Gasteiger partial charge on any atom is -0.342 e. The van der Waals surface area contributed by atoms with E-state index in [9.17, 15) is 19.2 Å². The summed E-state index contributed by atoms with van der Waals surface area (Å²) in [6, 6.07) is 6.85. The van der Waals surface area contributed by atoms with Crippen LogP contribution in [-0.4, -0.2) is 95.6 Å². The van der Waals surface area contributed by atoms with E-state index in [4.69, 9.17) is 0 Å². The summed E-state index contributed by atoms with van der Waals surface area (Å²) in [4.78, 5) is 55.8. The van der Waals surface area contributed by atoms with E-state index < -0.39 is 11.6 Å². The predicted octanol–water partition coefficient (Wildman–Crippen LogP) is 0.757. The highest BCUT2D eigenvalue weighted by atomic mass is 32.2. The molecule has 3 heterocycles. The Labute approximate surface area is 191 Å². The lowest BCUT2D eigenvalue weighted by atomic mass is 10.1. The van der Waals surface area contributed by atoms with Crippen molar-refractivity contribution in [3.05, 3.63) is 29.8 Å². The third-order valence-electron chi connectivity index (χ3n) is 6.23. The number of hydrogen-bond donors (Lipinski definition) is 2. The molecule has 4 rings (SSSR count). The highest BCUT2D eigenvalue weighted by molar-refractivity contribution is 7.99. The molecule has 10 heteroatoms. The standard InChI is InChI=1S/C22H29N5O4S/c1-22(20(30)23-21(31)24-22)15-32-17-7-3-2-6-16(17)19(29)27-12-10-25(11-13-27)14-18(28)26-8-4-5-9-26/h2-3,6-7H,4-5,8-15H2,1H3,(H2,23,24,30,31). The number of imide groups is 1. The molecule has 3 aliphatic heterocycles. The van der Waals surface area contributed by atoms with Crippen molar-refractivity contribution in [1.29, 1.82) is 0 Å². The molecule has 9 nitrogen and oxygen atoms in total. The predicted molar refractivity (Wildman–Crippen MR) is 120 cm³/mol. The van der Waals surface area contributed by atoms with Gasteiger partial charge in [0.05, 0.1) is 12.1 Å². The maximum absolute atomic E-state index is 13.2. The van der Waals surface area contributed by atoms with Crippen molar-refractivity contribution in [3.63, 3.8) is 0 Å². The number of nitrogens with one attached hydrogen (secondary N) is 2. The summed E-state index contributed by atoms with van der Waals surface area (Å²) in [7, 11) is 0. The first-order chi connectivity index (χ1) is 15.4. The van der Waals surface area contributed by atoms with E-state index in [-0.39, 0.29) is 17.7 Å². The zero-order valence-electron chi connectivity index (χ0n) is 18.3. The van der Waals surface area contributed by atoms with Crippen LogP contribution >= 0.6 is 11.8 Å². The van der Waals surface area contributed by atoms with Gasteiger partial charge in [0.1, 0.15) is 5.54 Å². The van der Waals surface area contributed by atoms with Gasteiger partial charge in [-0.15, -0.1) is 11.8 Å².